The molecule has 1 aliphatic rings. The predicted molar refractivity (Wildman–Crippen MR) is 265 cm³/mol. The number of aromatic nitrogens is 10. The number of esters is 1. The molecule has 20 heteroatoms. The molecule has 0 saturated heterocycles. The van der Waals surface area contributed by atoms with E-state index in [1.165, 1.54) is 7.11 Å². The fourth-order valence-electron chi connectivity index (χ4n) is 7.95. The largest absolute Gasteiger partial charge is 0.465 e. The van der Waals surface area contributed by atoms with Gasteiger partial charge in [0.05, 0.1) is 48.2 Å². The highest BCUT2D eigenvalue weighted by Gasteiger charge is 2.27. The van der Waals surface area contributed by atoms with Crippen molar-refractivity contribution >= 4 is 106 Å². The highest BCUT2D eigenvalue weighted by Crippen LogP contribution is 2.32. The predicted octanol–water partition coefficient (Wildman–Crippen LogP) is 8.40. The summed E-state index contributed by atoms with van der Waals surface area (Å²) < 4.78 is 8.25. The van der Waals surface area contributed by atoms with E-state index in [4.69, 9.17) is 40.4 Å². The summed E-state index contributed by atoms with van der Waals surface area (Å²) >= 11 is 15.1. The topological polar surface area (TPSA) is 243 Å². The van der Waals surface area contributed by atoms with Crippen molar-refractivity contribution in [2.75, 3.05) is 31.7 Å². The lowest BCUT2D eigenvalue weighted by Crippen LogP contribution is -2.27. The number of pyridine rings is 2. The molecule has 0 unspecified atom stereocenters. The molecule has 1 aliphatic heterocycles. The van der Waals surface area contributed by atoms with Crippen LogP contribution in [-0.2, 0) is 29.7 Å². The van der Waals surface area contributed by atoms with Crippen molar-refractivity contribution in [1.82, 2.24) is 54.8 Å². The van der Waals surface area contributed by atoms with E-state index in [1.54, 1.807) is 42.7 Å². The Labute approximate surface area is 400 Å². The maximum Gasteiger partial charge on any atom is 0.338 e. The summed E-state index contributed by atoms with van der Waals surface area (Å²) in [5, 5.41) is 28.8. The maximum atomic E-state index is 12.7. The van der Waals surface area contributed by atoms with Gasteiger partial charge in [-0.05, 0) is 71.8 Å². The number of nitrogens with zero attached hydrogens (tertiary/aromatic N) is 9. The average molecular weight is 1000 g/mol. The molecule has 0 aliphatic carbocycles. The van der Waals surface area contributed by atoms with Crippen LogP contribution < -0.4 is 17.2 Å². The molecule has 0 saturated carbocycles. The lowest BCUT2D eigenvalue weighted by molar-refractivity contribution is 0.0599. The molecule has 1 amide bonds. The van der Waals surface area contributed by atoms with Crippen LogP contribution in [0, 0.1) is 0 Å². The zero-order valence-electron chi connectivity index (χ0n) is 35.8. The molecular formula is C47H41BrCl2N14O3. The number of H-pyrrole nitrogens is 2. The molecule has 8 N–H and O–H groups in total. The van der Waals surface area contributed by atoms with E-state index in [-0.39, 0.29) is 11.9 Å². The molecule has 0 fully saturated rings. The van der Waals surface area contributed by atoms with Crippen molar-refractivity contribution in [1.29, 1.82) is 0 Å². The van der Waals surface area contributed by atoms with Crippen molar-refractivity contribution in [3.8, 4) is 22.5 Å². The van der Waals surface area contributed by atoms with Gasteiger partial charge in [-0.15, -0.1) is 0 Å². The van der Waals surface area contributed by atoms with Crippen molar-refractivity contribution in [2.45, 2.75) is 25.0 Å². The number of rotatable bonds is 9. The number of hydrogen-bond acceptors (Lipinski definition) is 12. The standard InChI is InChI=1S/C23H18ClN7O.C15H15N7.C9H8BrClO2/c24-15-2-4-16-14(9-15)11-30(23(16)32)7-8-31-12-18-17-3-1-13(19-5-6-26-28-19)10-20(17)27-22(25)21(18)29-31;16-4-6-22-8-11-10-2-1-9(12-3-5-18-20-12)7-13(10)19-15(17)14(11)21-22;1-13-9(12)8-3-2-7(11)4-6(8)5-10/h1-6,9-10,12H,7-8,11H2,(H2,25,27)(H,26,28);1-3,5,7-8H,4,6,16H2,(H2,17,19)(H,18,20);2-4H,5H2,1H3. The van der Waals surface area contributed by atoms with E-state index in [0.717, 1.165) is 71.7 Å². The van der Waals surface area contributed by atoms with Crippen LogP contribution in [0.3, 0.4) is 0 Å². The molecule has 338 valence electrons. The first-order valence-corrected chi connectivity index (χ1v) is 22.7. The SMILES string of the molecule is COC(=O)c1ccc(Cl)cc1CBr.NCCn1cc2c(n1)c(N)nc1cc(-c3ccn[nH]3)ccc12.Nc1nc2cc(-c3ccn[nH]3)ccc2c2cn(CCN3Cc4cc(Cl)ccc4C3=O)nc12. The normalized spacial score (nSPS) is 12.1. The van der Waals surface area contributed by atoms with E-state index in [9.17, 15) is 9.59 Å². The Hall–Kier alpha value is -7.38. The number of aromatic amines is 2. The van der Waals surface area contributed by atoms with Gasteiger partial charge in [0, 0.05) is 98.0 Å². The number of fused-ring (bicyclic) bond motifs is 7. The first-order chi connectivity index (χ1) is 32.5. The second-order valence-corrected chi connectivity index (χ2v) is 16.9. The summed E-state index contributed by atoms with van der Waals surface area (Å²) in [6.45, 7) is 2.83. The van der Waals surface area contributed by atoms with Gasteiger partial charge >= 0.3 is 5.97 Å². The van der Waals surface area contributed by atoms with Gasteiger partial charge in [-0.1, -0.05) is 63.4 Å². The Morgan fingerprint density at radius 2 is 1.30 bits per heavy atom. The summed E-state index contributed by atoms with van der Waals surface area (Å²) in [4.78, 5) is 34.8. The minimum absolute atomic E-state index is 0.0198. The number of anilines is 2. The van der Waals surface area contributed by atoms with Crippen LogP contribution in [0.2, 0.25) is 10.0 Å². The molecule has 0 atom stereocenters. The molecule has 67 heavy (non-hydrogen) atoms. The van der Waals surface area contributed by atoms with E-state index in [0.29, 0.717) is 76.4 Å². The Kier molecular flexibility index (Phi) is 12.9. The van der Waals surface area contributed by atoms with Crippen LogP contribution in [0.1, 0.15) is 31.8 Å². The van der Waals surface area contributed by atoms with Gasteiger partial charge in [0.15, 0.2) is 11.6 Å². The van der Waals surface area contributed by atoms with Gasteiger partial charge in [-0.3, -0.25) is 24.4 Å². The summed E-state index contributed by atoms with van der Waals surface area (Å²) in [7, 11) is 1.36. The van der Waals surface area contributed by atoms with Crippen molar-refractivity contribution < 1.29 is 14.3 Å². The molecule has 0 spiro atoms. The molecule has 17 nitrogen and oxygen atoms in total. The number of halogens is 3. The number of ether oxygens (including phenoxy) is 1. The Balaban J connectivity index is 0.000000139. The van der Waals surface area contributed by atoms with E-state index < -0.39 is 0 Å². The van der Waals surface area contributed by atoms with Gasteiger partial charge in [0.2, 0.25) is 0 Å². The second kappa shape index (κ2) is 19.2. The molecule has 10 aromatic rings. The van der Waals surface area contributed by atoms with Gasteiger partial charge in [-0.2, -0.15) is 20.4 Å². The van der Waals surface area contributed by atoms with Crippen molar-refractivity contribution in [3.63, 3.8) is 0 Å². The molecule has 7 heterocycles. The first-order valence-electron chi connectivity index (χ1n) is 20.8. The smallest absolute Gasteiger partial charge is 0.338 e. The van der Waals surface area contributed by atoms with Crippen LogP contribution >= 0.6 is 39.1 Å². The number of carbonyl (C=O) groups is 2. The van der Waals surface area contributed by atoms with E-state index >= 15 is 0 Å². The van der Waals surface area contributed by atoms with E-state index in [1.807, 2.05) is 81.3 Å². The second-order valence-electron chi connectivity index (χ2n) is 15.5. The Morgan fingerprint density at radius 1 is 0.731 bits per heavy atom. The molecule has 0 radical (unpaired) electrons. The fourth-order valence-corrected chi connectivity index (χ4v) is 8.80. The summed E-state index contributed by atoms with van der Waals surface area (Å²) in [6.07, 6.45) is 7.38. The monoisotopic (exact) mass is 998 g/mol. The number of amides is 1. The van der Waals surface area contributed by atoms with Crippen LogP contribution in [0.15, 0.2) is 110 Å². The number of alkyl halides is 1. The minimum atomic E-state index is -0.342. The molecular weight excluding hydrogens is 959 g/mol. The quantitative estimate of drug-likeness (QED) is 0.0676. The van der Waals surface area contributed by atoms with Crippen LogP contribution in [0.25, 0.3) is 66.1 Å². The van der Waals surface area contributed by atoms with Crippen molar-refractivity contribution in [3.05, 3.63) is 142 Å². The van der Waals surface area contributed by atoms with Crippen LogP contribution in [0.5, 0.6) is 0 Å². The zero-order chi connectivity index (χ0) is 46.8. The maximum absolute atomic E-state index is 12.7. The Morgan fingerprint density at radius 3 is 1.84 bits per heavy atom. The zero-order valence-corrected chi connectivity index (χ0v) is 38.8. The number of benzene rings is 4. The molecule has 4 aromatic carbocycles. The summed E-state index contributed by atoms with van der Waals surface area (Å²) in [5.74, 6) is 0.491. The summed E-state index contributed by atoms with van der Waals surface area (Å²) in [6, 6.07) is 26.4. The third-order valence-corrected chi connectivity index (χ3v) is 12.3. The third kappa shape index (κ3) is 9.24. The van der Waals surface area contributed by atoms with Gasteiger partial charge < -0.3 is 26.8 Å². The Bertz CT molecular complexity index is 3450. The lowest BCUT2D eigenvalue weighted by atomic mass is 10.1. The number of nitrogens with two attached hydrogens (primary N) is 3. The summed E-state index contributed by atoms with van der Waals surface area (Å²) in [5.41, 5.74) is 27.8. The fraction of sp³-hybridized carbons (Fsp3) is 0.149. The first kappa shape index (κ1) is 44.8. The number of nitrogen functional groups attached to an aromatic ring is 2. The minimum Gasteiger partial charge on any atom is -0.465 e. The van der Waals surface area contributed by atoms with Crippen LogP contribution in [-0.4, -0.2) is 86.9 Å². The lowest BCUT2D eigenvalue weighted by Gasteiger charge is -2.15. The van der Waals surface area contributed by atoms with Gasteiger partial charge in [0.25, 0.3) is 5.91 Å². The average Bonchev–Trinajstić information content (AvgIpc) is 4.20. The van der Waals surface area contributed by atoms with E-state index in [2.05, 4.69) is 61.2 Å². The highest BCUT2D eigenvalue weighted by atomic mass is 79.9. The van der Waals surface area contributed by atoms with Crippen molar-refractivity contribution in [2.24, 2.45) is 5.73 Å². The number of nitrogens with one attached hydrogen (secondary N) is 2. The number of carbonyl (C=O) groups excluding carboxylic acids is 2. The molecule has 6 aromatic heterocycles. The highest BCUT2D eigenvalue weighted by molar-refractivity contribution is 9.08. The van der Waals surface area contributed by atoms with Gasteiger partial charge in [0.1, 0.15) is 11.0 Å². The molecule has 11 rings (SSSR count). The van der Waals surface area contributed by atoms with Crippen LogP contribution in [0.4, 0.5) is 11.6 Å². The molecule has 0 bridgehead atoms. The number of methoxy groups -OCH3 is 1. The number of hydrogen-bond donors (Lipinski definition) is 5. The third-order valence-electron chi connectivity index (χ3n) is 11.2. The van der Waals surface area contributed by atoms with Gasteiger partial charge in [-0.25, -0.2) is 14.8 Å².